The van der Waals surface area contributed by atoms with Crippen LogP contribution in [0.25, 0.3) is 42.0 Å². The van der Waals surface area contributed by atoms with Gasteiger partial charge in [0.2, 0.25) is 18.6 Å². The monoisotopic (exact) mass is 1090 g/mol. The summed E-state index contributed by atoms with van der Waals surface area (Å²) < 4.78 is 33.1. The van der Waals surface area contributed by atoms with E-state index < -0.39 is 5.92 Å². The number of unbranched alkanes of at least 4 members (excludes halogenated alkanes) is 9. The zero-order chi connectivity index (χ0) is 53.1. The SMILES string of the molecule is CCCCCCCCCCC(COc1ccc2ccc(OCCCCN3CCN(c4cccc5sccc45)CC3)cc2n1)C(=O)OCOc1ccc2ccc(OCCCCN3CCN(c4cccc5sccc45)CC3)cc2n1. The number of fused-ring (bicyclic) bond motifs is 4. The molecule has 14 heteroatoms. The molecule has 2 saturated heterocycles. The Balaban J connectivity index is 0.649. The van der Waals surface area contributed by atoms with E-state index in [0.29, 0.717) is 31.4 Å². The number of aromatic nitrogens is 2. The number of carbonyl (C=O) groups is 1. The van der Waals surface area contributed by atoms with E-state index in [2.05, 4.69) is 85.8 Å². The Morgan fingerprint density at radius 1 is 0.526 bits per heavy atom. The lowest BCUT2D eigenvalue weighted by Gasteiger charge is -2.36. The van der Waals surface area contributed by atoms with Gasteiger partial charge in [-0.2, -0.15) is 0 Å². The first-order chi connectivity index (χ1) is 38.5. The molecule has 78 heavy (non-hydrogen) atoms. The molecule has 2 aliphatic rings. The third-order valence-corrected chi connectivity index (χ3v) is 17.3. The first-order valence-electron chi connectivity index (χ1n) is 28.9. The van der Waals surface area contributed by atoms with Crippen LogP contribution in [0.5, 0.6) is 23.3 Å². The van der Waals surface area contributed by atoms with E-state index in [1.165, 1.54) is 63.7 Å². The number of piperazine rings is 2. The van der Waals surface area contributed by atoms with Gasteiger partial charge in [0.1, 0.15) is 18.1 Å². The molecule has 10 rings (SSSR count). The lowest BCUT2D eigenvalue weighted by Crippen LogP contribution is -2.46. The number of carbonyl (C=O) groups excluding carboxylic acids is 1. The predicted molar refractivity (Wildman–Crippen MR) is 322 cm³/mol. The van der Waals surface area contributed by atoms with Crippen molar-refractivity contribution in [3.8, 4) is 23.3 Å². The Kier molecular flexibility index (Phi) is 20.2. The van der Waals surface area contributed by atoms with Crippen LogP contribution >= 0.6 is 22.7 Å². The number of ether oxygens (including phenoxy) is 5. The van der Waals surface area contributed by atoms with E-state index >= 15 is 0 Å². The summed E-state index contributed by atoms with van der Waals surface area (Å²) in [4.78, 5) is 33.5. The van der Waals surface area contributed by atoms with Gasteiger partial charge in [-0.1, -0.05) is 70.4 Å². The number of hydrogen-bond acceptors (Lipinski definition) is 14. The minimum Gasteiger partial charge on any atom is -0.494 e. The van der Waals surface area contributed by atoms with Crippen LogP contribution in [-0.4, -0.2) is 118 Å². The lowest BCUT2D eigenvalue weighted by atomic mass is 10.0. The van der Waals surface area contributed by atoms with Crippen molar-refractivity contribution >= 4 is 82.0 Å². The van der Waals surface area contributed by atoms with Crippen LogP contribution in [0.4, 0.5) is 11.4 Å². The third-order valence-electron chi connectivity index (χ3n) is 15.5. The highest BCUT2D eigenvalue weighted by molar-refractivity contribution is 7.17. The van der Waals surface area contributed by atoms with E-state index in [1.807, 2.05) is 77.3 Å². The van der Waals surface area contributed by atoms with Gasteiger partial charge in [-0.3, -0.25) is 14.6 Å². The summed E-state index contributed by atoms with van der Waals surface area (Å²) in [7, 11) is 0. The van der Waals surface area contributed by atoms with E-state index in [1.54, 1.807) is 6.07 Å². The first-order valence-corrected chi connectivity index (χ1v) is 30.7. The van der Waals surface area contributed by atoms with Crippen LogP contribution in [0.15, 0.2) is 120 Å². The summed E-state index contributed by atoms with van der Waals surface area (Å²) in [5.74, 6) is 1.59. The minimum atomic E-state index is -0.474. The smallest absolute Gasteiger partial charge is 0.315 e. The summed E-state index contributed by atoms with van der Waals surface area (Å²) in [6.07, 6.45) is 14.2. The molecule has 0 radical (unpaired) electrons. The predicted octanol–water partition coefficient (Wildman–Crippen LogP) is 14.3. The van der Waals surface area contributed by atoms with Gasteiger partial charge in [-0.05, 0) is 129 Å². The summed E-state index contributed by atoms with van der Waals surface area (Å²) in [6, 6.07) is 37.4. The van der Waals surface area contributed by atoms with Crippen molar-refractivity contribution in [3.05, 3.63) is 120 Å². The van der Waals surface area contributed by atoms with Crippen LogP contribution < -0.4 is 28.7 Å². The van der Waals surface area contributed by atoms with Crippen LogP contribution in [0.3, 0.4) is 0 Å². The highest BCUT2D eigenvalue weighted by Gasteiger charge is 2.23. The zero-order valence-corrected chi connectivity index (χ0v) is 47.3. The summed E-state index contributed by atoms with van der Waals surface area (Å²) in [5, 5.41) is 9.10. The van der Waals surface area contributed by atoms with Gasteiger partial charge in [0.15, 0.2) is 0 Å². The van der Waals surface area contributed by atoms with Crippen LogP contribution in [0.1, 0.15) is 90.4 Å². The fraction of sp³-hybridized carbons (Fsp3) is 0.453. The maximum Gasteiger partial charge on any atom is 0.315 e. The second-order valence-corrected chi connectivity index (χ2v) is 22.9. The summed E-state index contributed by atoms with van der Waals surface area (Å²) >= 11 is 3.63. The van der Waals surface area contributed by atoms with Gasteiger partial charge in [-0.25, -0.2) is 9.97 Å². The molecule has 4 aromatic heterocycles. The maximum absolute atomic E-state index is 13.7. The van der Waals surface area contributed by atoms with Crippen LogP contribution in [-0.2, 0) is 9.53 Å². The van der Waals surface area contributed by atoms with Crippen LogP contribution in [0.2, 0.25) is 0 Å². The fourth-order valence-corrected chi connectivity index (χ4v) is 12.5. The van der Waals surface area contributed by atoms with Crippen molar-refractivity contribution < 1.29 is 28.5 Å². The molecule has 412 valence electrons. The molecule has 2 fully saturated rings. The molecule has 0 amide bonds. The number of thiophene rings is 2. The van der Waals surface area contributed by atoms with Gasteiger partial charge in [0.25, 0.3) is 0 Å². The number of hydrogen-bond donors (Lipinski definition) is 0. The largest absolute Gasteiger partial charge is 0.494 e. The number of esters is 1. The Morgan fingerprint density at radius 3 is 1.56 bits per heavy atom. The minimum absolute atomic E-state index is 0.158. The highest BCUT2D eigenvalue weighted by atomic mass is 32.1. The van der Waals surface area contributed by atoms with Gasteiger partial charge < -0.3 is 33.5 Å². The van der Waals surface area contributed by atoms with Crippen molar-refractivity contribution in [2.45, 2.75) is 90.4 Å². The fourth-order valence-electron chi connectivity index (χ4n) is 10.9. The van der Waals surface area contributed by atoms with Crippen molar-refractivity contribution in [2.24, 2.45) is 5.92 Å². The molecule has 1 unspecified atom stereocenters. The van der Waals surface area contributed by atoms with Gasteiger partial charge >= 0.3 is 5.97 Å². The molecule has 1 atom stereocenters. The second-order valence-electron chi connectivity index (χ2n) is 21.0. The van der Waals surface area contributed by atoms with Gasteiger partial charge in [0.05, 0.1) is 30.2 Å². The number of pyridine rings is 2. The Labute approximate surface area is 469 Å². The van der Waals surface area contributed by atoms with Crippen molar-refractivity contribution in [2.75, 3.05) is 102 Å². The standard InChI is InChI=1S/C64H78N6O6S2/c1-2-3-4-5-6-7-8-9-16-51(47-74-62-27-23-49-21-25-52(45-56(49)65-62)72-41-12-10-31-67-33-37-69(38-34-67)58-17-14-19-60-54(58)29-43-77-60)64(71)76-48-75-63-28-24-50-22-26-53(46-57(50)66-63)73-42-13-11-32-68-35-39-70(40-36-68)59-18-15-20-61-55(59)30-44-78-61/h14-15,17-30,43-46,51H,2-13,16,31-42,47-48H2,1H3. The molecule has 8 aromatic rings. The van der Waals surface area contributed by atoms with Crippen molar-refractivity contribution in [1.29, 1.82) is 0 Å². The molecule has 0 saturated carbocycles. The number of benzene rings is 4. The normalized spacial score (nSPS) is 14.9. The molecule has 0 N–H and O–H groups in total. The maximum atomic E-state index is 13.7. The first kappa shape index (κ1) is 55.1. The number of rotatable bonds is 30. The molecular weight excluding hydrogens is 1010 g/mol. The quantitative estimate of drug-likeness (QED) is 0.0243. The Bertz CT molecular complexity index is 3130. The molecule has 12 nitrogen and oxygen atoms in total. The Morgan fingerprint density at radius 2 is 1.03 bits per heavy atom. The molecule has 0 spiro atoms. The molecule has 2 aliphatic heterocycles. The molecule has 0 bridgehead atoms. The van der Waals surface area contributed by atoms with Crippen LogP contribution in [0, 0.1) is 5.92 Å². The molecule has 4 aromatic carbocycles. The lowest BCUT2D eigenvalue weighted by molar-refractivity contribution is -0.156. The van der Waals surface area contributed by atoms with E-state index in [-0.39, 0.29) is 19.4 Å². The summed E-state index contributed by atoms with van der Waals surface area (Å²) in [6.45, 7) is 14.1. The third kappa shape index (κ3) is 15.3. The highest BCUT2D eigenvalue weighted by Crippen LogP contribution is 2.33. The van der Waals surface area contributed by atoms with Gasteiger partial charge in [0, 0.05) is 119 Å². The van der Waals surface area contributed by atoms with E-state index in [4.69, 9.17) is 33.7 Å². The summed E-state index contributed by atoms with van der Waals surface area (Å²) in [5.41, 5.74) is 4.28. The van der Waals surface area contributed by atoms with Gasteiger partial charge in [-0.15, -0.1) is 22.7 Å². The molecule has 0 aliphatic carbocycles. The van der Waals surface area contributed by atoms with E-state index in [9.17, 15) is 4.79 Å². The average Bonchev–Trinajstić information content (AvgIpc) is 4.19. The molecule has 6 heterocycles. The van der Waals surface area contributed by atoms with Crippen molar-refractivity contribution in [3.63, 3.8) is 0 Å². The molecular formula is C64H78N6O6S2. The van der Waals surface area contributed by atoms with E-state index in [0.717, 1.165) is 144 Å². The Hall–Kier alpha value is -6.19. The number of anilines is 2. The number of nitrogens with zero attached hydrogens (tertiary/aromatic N) is 6. The average molecular weight is 1090 g/mol. The topological polar surface area (TPSA) is 102 Å². The zero-order valence-electron chi connectivity index (χ0n) is 45.7. The van der Waals surface area contributed by atoms with Crippen molar-refractivity contribution in [1.82, 2.24) is 19.8 Å². The second kappa shape index (κ2) is 28.6.